The van der Waals surface area contributed by atoms with E-state index in [1.165, 1.54) is 218 Å². The van der Waals surface area contributed by atoms with E-state index in [0.29, 0.717) is 12.8 Å². The number of rotatable bonds is 60. The molecule has 0 heterocycles. The van der Waals surface area contributed by atoms with Crippen molar-refractivity contribution < 1.29 is 38.9 Å². The van der Waals surface area contributed by atoms with Crippen LogP contribution in [0.1, 0.15) is 387 Å². The number of carboxylic acids is 2. The molecule has 440 valence electrons. The summed E-state index contributed by atoms with van der Waals surface area (Å²) in [6.45, 7) is 8.98. The van der Waals surface area contributed by atoms with Gasteiger partial charge in [0.1, 0.15) is 12.2 Å². The van der Waals surface area contributed by atoms with Gasteiger partial charge in [-0.15, -0.1) is 0 Å². The normalized spacial score (nSPS) is 11.9. The summed E-state index contributed by atoms with van der Waals surface area (Å²) in [6, 6.07) is 0. The van der Waals surface area contributed by atoms with Gasteiger partial charge in [-0.25, -0.2) is 0 Å². The molecule has 0 spiro atoms. The Morgan fingerprint density at radius 3 is 0.627 bits per heavy atom. The summed E-state index contributed by atoms with van der Waals surface area (Å²) in [5.74, 6) is -1.81. The maximum Gasteiger partial charge on any atom is 2.00 e. The van der Waals surface area contributed by atoms with E-state index in [0.717, 1.165) is 116 Å². The molecule has 0 aliphatic heterocycles. The van der Waals surface area contributed by atoms with Crippen LogP contribution < -0.4 is 10.2 Å². The summed E-state index contributed by atoms with van der Waals surface area (Å²) in [6.07, 6.45) is 64.8. The maximum atomic E-state index is 12.4. The molecule has 0 aliphatic rings. The van der Waals surface area contributed by atoms with E-state index >= 15 is 0 Å². The van der Waals surface area contributed by atoms with E-state index in [1.807, 2.05) is 0 Å². The average molecular weight is 1090 g/mol. The van der Waals surface area contributed by atoms with Crippen LogP contribution in [-0.2, 0) is 28.7 Å². The molecule has 0 N–H and O–H groups in total. The number of ether oxygens (including phenoxy) is 2. The van der Waals surface area contributed by atoms with Crippen molar-refractivity contribution in [2.45, 2.75) is 399 Å². The standard InChI is InChI=1S/2C33H64O4.Ca/c2*1-3-5-7-8-9-10-11-12-16-19-22-26-30-33(36)37-31(27-23-6-4-2)28-24-20-17-14-13-15-18-21-25-29-32(34)35;/h2*31H,3-30H2,1-2H3,(H,34,35);/q;;+2/p-2. The first-order chi connectivity index (χ1) is 36.2. The van der Waals surface area contributed by atoms with Crippen molar-refractivity contribution in [2.75, 3.05) is 0 Å². The number of hydrogen-bond donors (Lipinski definition) is 0. The van der Waals surface area contributed by atoms with Crippen LogP contribution in [-0.4, -0.2) is 73.8 Å². The van der Waals surface area contributed by atoms with Crippen LogP contribution in [0.4, 0.5) is 0 Å². The first-order valence-electron chi connectivity index (χ1n) is 33.0. The molecule has 0 aromatic carbocycles. The average Bonchev–Trinajstić information content (AvgIpc) is 3.37. The van der Waals surface area contributed by atoms with Gasteiger partial charge in [0.05, 0.1) is 0 Å². The predicted octanol–water partition coefficient (Wildman–Crippen LogP) is 18.8. The Morgan fingerprint density at radius 2 is 0.413 bits per heavy atom. The zero-order valence-electron chi connectivity index (χ0n) is 50.7. The second kappa shape index (κ2) is 67.4. The van der Waals surface area contributed by atoms with E-state index in [2.05, 4.69) is 27.7 Å². The number of carboxylic acid groups (broad SMARTS) is 2. The summed E-state index contributed by atoms with van der Waals surface area (Å²) in [5.41, 5.74) is 0. The van der Waals surface area contributed by atoms with Crippen molar-refractivity contribution >= 4 is 61.6 Å². The van der Waals surface area contributed by atoms with Crippen LogP contribution in [0.25, 0.3) is 0 Å². The Hall–Kier alpha value is -0.860. The smallest absolute Gasteiger partial charge is 0.550 e. The fourth-order valence-electron chi connectivity index (χ4n) is 10.2. The zero-order valence-corrected chi connectivity index (χ0v) is 52.9. The van der Waals surface area contributed by atoms with Crippen LogP contribution in [0, 0.1) is 0 Å². The van der Waals surface area contributed by atoms with Crippen LogP contribution >= 0.6 is 0 Å². The number of unbranched alkanes of at least 4 members (excludes halogenated alkanes) is 42. The molecule has 0 saturated heterocycles. The number of aliphatic carboxylic acids is 2. The molecule has 8 nitrogen and oxygen atoms in total. The molecule has 9 heteroatoms. The summed E-state index contributed by atoms with van der Waals surface area (Å²) in [4.78, 5) is 45.7. The van der Waals surface area contributed by atoms with Gasteiger partial charge < -0.3 is 29.3 Å². The third-order valence-electron chi connectivity index (χ3n) is 15.1. The predicted molar refractivity (Wildman–Crippen MR) is 317 cm³/mol. The SMILES string of the molecule is CCCCCCCCCCCCCCC(=O)OC(CCCCC)CCCCCCCCCCCC(=O)[O-].CCCCCCCCCCCCCCC(=O)OC(CCCCC)CCCCCCCCCCCC(=O)[O-].[Ca+2]. The van der Waals surface area contributed by atoms with Crippen molar-refractivity contribution in [3.05, 3.63) is 0 Å². The van der Waals surface area contributed by atoms with Gasteiger partial charge in [0, 0.05) is 24.8 Å². The Labute approximate surface area is 496 Å². The molecular weight excluding hydrogens is 961 g/mol. The molecule has 0 fully saturated rings. The number of carbonyl (C=O) groups is 4. The van der Waals surface area contributed by atoms with Gasteiger partial charge in [0.25, 0.3) is 0 Å². The Balaban J connectivity index is -0.00000136. The van der Waals surface area contributed by atoms with E-state index < -0.39 is 11.9 Å². The van der Waals surface area contributed by atoms with Crippen molar-refractivity contribution in [1.82, 2.24) is 0 Å². The molecule has 0 aromatic heterocycles. The molecule has 0 amide bonds. The minimum Gasteiger partial charge on any atom is -0.550 e. The minimum absolute atomic E-state index is 0. The Morgan fingerprint density at radius 1 is 0.253 bits per heavy atom. The van der Waals surface area contributed by atoms with Crippen LogP contribution in [0.3, 0.4) is 0 Å². The quantitative estimate of drug-likeness (QED) is 0.0334. The van der Waals surface area contributed by atoms with Crippen molar-refractivity contribution in [2.24, 2.45) is 0 Å². The van der Waals surface area contributed by atoms with Crippen LogP contribution in [0.15, 0.2) is 0 Å². The summed E-state index contributed by atoms with van der Waals surface area (Å²) in [7, 11) is 0. The fourth-order valence-corrected chi connectivity index (χ4v) is 10.2. The first-order valence-corrected chi connectivity index (χ1v) is 33.0. The molecule has 75 heavy (non-hydrogen) atoms. The van der Waals surface area contributed by atoms with Gasteiger partial charge in [0.15, 0.2) is 0 Å². The van der Waals surface area contributed by atoms with Gasteiger partial charge >= 0.3 is 49.7 Å². The molecule has 2 unspecified atom stereocenters. The molecule has 2 atom stereocenters. The van der Waals surface area contributed by atoms with Crippen molar-refractivity contribution in [3.8, 4) is 0 Å². The van der Waals surface area contributed by atoms with Crippen molar-refractivity contribution in [3.63, 3.8) is 0 Å². The third kappa shape index (κ3) is 69.2. The molecule has 0 aromatic rings. The second-order valence-corrected chi connectivity index (χ2v) is 22.7. The zero-order chi connectivity index (χ0) is 54.5. The Bertz CT molecular complexity index is 1080. The summed E-state index contributed by atoms with van der Waals surface area (Å²) in [5, 5.41) is 20.8. The molecule has 0 rings (SSSR count). The molecule has 0 saturated carbocycles. The Kier molecular flexibility index (Phi) is 70.4. The van der Waals surface area contributed by atoms with E-state index in [1.54, 1.807) is 0 Å². The van der Waals surface area contributed by atoms with Crippen LogP contribution in [0.2, 0.25) is 0 Å². The molecular formula is C66H126CaO8. The summed E-state index contributed by atoms with van der Waals surface area (Å²) >= 11 is 0. The van der Waals surface area contributed by atoms with Gasteiger partial charge in [-0.1, -0.05) is 285 Å². The molecule has 0 bridgehead atoms. The monoisotopic (exact) mass is 1090 g/mol. The van der Waals surface area contributed by atoms with Gasteiger partial charge in [-0.3, -0.25) is 9.59 Å². The first kappa shape index (κ1) is 78.4. The van der Waals surface area contributed by atoms with Crippen LogP contribution in [0.5, 0.6) is 0 Å². The number of carbonyl (C=O) groups excluding carboxylic acids is 4. The maximum absolute atomic E-state index is 12.4. The van der Waals surface area contributed by atoms with E-state index in [-0.39, 0.29) is 74.7 Å². The minimum atomic E-state index is -0.928. The summed E-state index contributed by atoms with van der Waals surface area (Å²) < 4.78 is 11.8. The fraction of sp³-hybridized carbons (Fsp3) is 0.939. The molecule has 0 radical (unpaired) electrons. The van der Waals surface area contributed by atoms with Crippen molar-refractivity contribution in [1.29, 1.82) is 0 Å². The van der Waals surface area contributed by atoms with Gasteiger partial charge in [-0.05, 0) is 89.9 Å². The van der Waals surface area contributed by atoms with E-state index in [9.17, 15) is 29.4 Å². The number of esters is 2. The van der Waals surface area contributed by atoms with Gasteiger partial charge in [-0.2, -0.15) is 0 Å². The van der Waals surface area contributed by atoms with Gasteiger partial charge in [0.2, 0.25) is 0 Å². The van der Waals surface area contributed by atoms with E-state index in [4.69, 9.17) is 9.47 Å². The second-order valence-electron chi connectivity index (χ2n) is 22.7. The number of hydrogen-bond acceptors (Lipinski definition) is 8. The topological polar surface area (TPSA) is 133 Å². The molecule has 0 aliphatic carbocycles. The third-order valence-corrected chi connectivity index (χ3v) is 15.1. The largest absolute Gasteiger partial charge is 2.00 e.